The van der Waals surface area contributed by atoms with Gasteiger partial charge in [0, 0.05) is 19.0 Å². The molecule has 2 aliphatic carbocycles. The van der Waals surface area contributed by atoms with Crippen LogP contribution in [0.15, 0.2) is 11.6 Å². The van der Waals surface area contributed by atoms with E-state index in [4.69, 9.17) is 0 Å². The Kier molecular flexibility index (Phi) is 8.69. The first-order valence-electron chi connectivity index (χ1n) is 14.5. The fourth-order valence-electron chi connectivity index (χ4n) is 7.19. The molecule has 0 aromatic rings. The summed E-state index contributed by atoms with van der Waals surface area (Å²) < 4.78 is 0. The van der Waals surface area contributed by atoms with Gasteiger partial charge in [-0.2, -0.15) is 0 Å². The number of nitrogens with one attached hydrogen (secondary N) is 1. The molecule has 3 fully saturated rings. The van der Waals surface area contributed by atoms with Crippen molar-refractivity contribution in [3.8, 4) is 0 Å². The van der Waals surface area contributed by atoms with E-state index in [9.17, 15) is 19.2 Å². The van der Waals surface area contributed by atoms with Gasteiger partial charge in [0.15, 0.2) is 5.78 Å². The van der Waals surface area contributed by atoms with E-state index in [1.807, 2.05) is 6.08 Å². The Morgan fingerprint density at radius 1 is 0.917 bits per heavy atom. The normalized spacial score (nSPS) is 30.3. The molecule has 0 radical (unpaired) electrons. The van der Waals surface area contributed by atoms with Gasteiger partial charge in [-0.1, -0.05) is 51.0 Å². The second-order valence-corrected chi connectivity index (χ2v) is 11.6. The van der Waals surface area contributed by atoms with Gasteiger partial charge < -0.3 is 5.32 Å². The summed E-state index contributed by atoms with van der Waals surface area (Å²) in [5.41, 5.74) is -0.657. The van der Waals surface area contributed by atoms with Gasteiger partial charge in [-0.15, -0.1) is 0 Å². The first-order chi connectivity index (χ1) is 17.3. The summed E-state index contributed by atoms with van der Waals surface area (Å²) in [4.78, 5) is 56.8. The number of imide groups is 2. The highest BCUT2D eigenvalue weighted by molar-refractivity contribution is 6.21. The van der Waals surface area contributed by atoms with Crippen LogP contribution in [0.4, 0.5) is 4.79 Å². The number of urea groups is 1. The van der Waals surface area contributed by atoms with Gasteiger partial charge in [0.1, 0.15) is 5.41 Å². The average Bonchev–Trinajstić information content (AvgIpc) is 2.90. The molecule has 2 saturated heterocycles. The molecule has 4 aliphatic rings. The van der Waals surface area contributed by atoms with E-state index in [0.29, 0.717) is 13.0 Å². The van der Waals surface area contributed by atoms with Crippen LogP contribution in [-0.2, 0) is 14.4 Å². The van der Waals surface area contributed by atoms with Crippen molar-refractivity contribution < 1.29 is 19.2 Å². The molecule has 2 atom stereocenters. The van der Waals surface area contributed by atoms with Crippen LogP contribution < -0.4 is 5.32 Å². The molecule has 4 rings (SSSR count). The lowest BCUT2D eigenvalue weighted by atomic mass is 9.63. The Morgan fingerprint density at radius 2 is 1.56 bits per heavy atom. The van der Waals surface area contributed by atoms with E-state index in [0.717, 1.165) is 68.4 Å². The SMILES string of the molecule is CCN1C(=O)N(CC(=O)C2CNCCC23CCCCCCCCC3)C(=O)C(C)(C2=CCCCC2)C1=O. The van der Waals surface area contributed by atoms with E-state index in [2.05, 4.69) is 5.32 Å². The maximum atomic E-state index is 13.9. The van der Waals surface area contributed by atoms with Crippen molar-refractivity contribution >= 4 is 23.6 Å². The predicted octanol–water partition coefficient (Wildman–Crippen LogP) is 4.99. The highest BCUT2D eigenvalue weighted by Crippen LogP contribution is 2.46. The van der Waals surface area contributed by atoms with E-state index in [1.165, 1.54) is 37.0 Å². The van der Waals surface area contributed by atoms with Crippen LogP contribution in [0.5, 0.6) is 0 Å². The summed E-state index contributed by atoms with van der Waals surface area (Å²) in [5, 5.41) is 3.42. The fraction of sp³-hybridized carbons (Fsp3) is 0.793. The van der Waals surface area contributed by atoms with E-state index in [-0.39, 0.29) is 30.2 Å². The van der Waals surface area contributed by atoms with E-state index >= 15 is 0 Å². The molecule has 7 nitrogen and oxygen atoms in total. The first kappa shape index (κ1) is 27.0. The number of allylic oxidation sites excluding steroid dienone is 1. The van der Waals surface area contributed by atoms with Crippen LogP contribution in [-0.4, -0.2) is 59.6 Å². The summed E-state index contributed by atoms with van der Waals surface area (Å²) in [6, 6.07) is -0.640. The smallest absolute Gasteiger partial charge is 0.316 e. The Balaban J connectivity index is 1.60. The van der Waals surface area contributed by atoms with Crippen molar-refractivity contribution in [1.82, 2.24) is 15.1 Å². The van der Waals surface area contributed by atoms with Crippen molar-refractivity contribution in [1.29, 1.82) is 0 Å². The van der Waals surface area contributed by atoms with Gasteiger partial charge in [0.2, 0.25) is 5.91 Å². The van der Waals surface area contributed by atoms with Gasteiger partial charge in [0.25, 0.3) is 5.91 Å². The summed E-state index contributed by atoms with van der Waals surface area (Å²) in [6.07, 6.45) is 17.0. The number of hydrogen-bond donors (Lipinski definition) is 1. The topological polar surface area (TPSA) is 86.8 Å². The van der Waals surface area contributed by atoms with Crippen LogP contribution in [0.3, 0.4) is 0 Å². The number of ketones is 1. The van der Waals surface area contributed by atoms with Gasteiger partial charge in [0.05, 0.1) is 6.54 Å². The number of amides is 4. The predicted molar refractivity (Wildman–Crippen MR) is 139 cm³/mol. The van der Waals surface area contributed by atoms with Crippen molar-refractivity contribution in [2.24, 2.45) is 16.7 Å². The number of barbiturate groups is 1. The molecule has 1 N–H and O–H groups in total. The summed E-state index contributed by atoms with van der Waals surface area (Å²) >= 11 is 0. The second-order valence-electron chi connectivity index (χ2n) is 11.6. The highest BCUT2D eigenvalue weighted by Gasteiger charge is 2.56. The molecular formula is C29H45N3O4. The number of nitrogens with zero attached hydrogens (tertiary/aromatic N) is 2. The maximum Gasteiger partial charge on any atom is 0.333 e. The third-order valence-electron chi connectivity index (χ3n) is 9.50. The molecule has 2 aliphatic heterocycles. The molecule has 4 amide bonds. The number of carbonyl (C=O) groups is 4. The maximum absolute atomic E-state index is 13.9. The quantitative estimate of drug-likeness (QED) is 0.425. The minimum Gasteiger partial charge on any atom is -0.316 e. The van der Waals surface area contributed by atoms with E-state index in [1.54, 1.807) is 13.8 Å². The van der Waals surface area contributed by atoms with Crippen molar-refractivity contribution in [3.63, 3.8) is 0 Å². The van der Waals surface area contributed by atoms with Gasteiger partial charge in [-0.25, -0.2) is 4.79 Å². The Morgan fingerprint density at radius 3 is 2.17 bits per heavy atom. The van der Waals surface area contributed by atoms with Crippen molar-refractivity contribution in [3.05, 3.63) is 11.6 Å². The largest absolute Gasteiger partial charge is 0.333 e. The zero-order chi connectivity index (χ0) is 25.8. The molecule has 1 saturated carbocycles. The third kappa shape index (κ3) is 5.05. The standard InChI is InChI=1S/C29H45N3O4/c1-3-31-25(34)28(2,22-14-10-9-11-15-22)26(35)32(27(31)36)21-24(33)23-20-30-19-18-29(23)16-12-7-5-4-6-8-13-17-29/h14,23,30H,3-13,15-21H2,1-2H3. The number of Topliss-reactive ketones (excluding diaryl/α,β-unsaturated/α-hetero) is 1. The molecule has 2 heterocycles. The summed E-state index contributed by atoms with van der Waals surface area (Å²) in [6.45, 7) is 4.88. The first-order valence-corrected chi connectivity index (χ1v) is 14.5. The van der Waals surface area contributed by atoms with Crippen LogP contribution in [0.25, 0.3) is 0 Å². The summed E-state index contributed by atoms with van der Waals surface area (Å²) in [5.74, 6) is -1.21. The number of carbonyl (C=O) groups excluding carboxylic acids is 4. The van der Waals surface area contributed by atoms with Crippen molar-refractivity contribution in [2.75, 3.05) is 26.2 Å². The Bertz CT molecular complexity index is 887. The second kappa shape index (κ2) is 11.6. The lowest BCUT2D eigenvalue weighted by Crippen LogP contribution is -2.66. The number of rotatable bonds is 5. The molecule has 0 aromatic heterocycles. The molecule has 2 unspecified atom stereocenters. The van der Waals surface area contributed by atoms with Crippen molar-refractivity contribution in [2.45, 2.75) is 104 Å². The third-order valence-corrected chi connectivity index (χ3v) is 9.50. The molecule has 36 heavy (non-hydrogen) atoms. The zero-order valence-electron chi connectivity index (χ0n) is 22.4. The lowest BCUT2D eigenvalue weighted by molar-refractivity contribution is -0.156. The Hall–Kier alpha value is -2.02. The monoisotopic (exact) mass is 499 g/mol. The zero-order valence-corrected chi connectivity index (χ0v) is 22.4. The fourth-order valence-corrected chi connectivity index (χ4v) is 7.19. The molecule has 7 heteroatoms. The van der Waals surface area contributed by atoms with Crippen LogP contribution in [0.1, 0.15) is 104 Å². The van der Waals surface area contributed by atoms with Gasteiger partial charge in [-0.3, -0.25) is 24.2 Å². The van der Waals surface area contributed by atoms with Crippen LogP contribution in [0.2, 0.25) is 0 Å². The van der Waals surface area contributed by atoms with Crippen LogP contribution >= 0.6 is 0 Å². The molecule has 0 aromatic carbocycles. The minimum atomic E-state index is -1.40. The number of hydrogen-bond acceptors (Lipinski definition) is 5. The summed E-state index contributed by atoms with van der Waals surface area (Å²) in [7, 11) is 0. The van der Waals surface area contributed by atoms with Gasteiger partial charge >= 0.3 is 6.03 Å². The van der Waals surface area contributed by atoms with Gasteiger partial charge in [-0.05, 0) is 76.3 Å². The Labute approximate surface area is 216 Å². The molecule has 200 valence electrons. The van der Waals surface area contributed by atoms with E-state index < -0.39 is 23.3 Å². The molecular weight excluding hydrogens is 454 g/mol. The average molecular weight is 500 g/mol. The highest BCUT2D eigenvalue weighted by atomic mass is 16.2. The van der Waals surface area contributed by atoms with Crippen LogP contribution in [0, 0.1) is 16.7 Å². The minimum absolute atomic E-state index is 0.0358. The number of piperidine rings is 1. The molecule has 0 bridgehead atoms. The molecule has 1 spiro atoms. The lowest BCUT2D eigenvalue weighted by Gasteiger charge is -2.47.